The molecule has 2 nitrogen and oxygen atoms in total. The number of fused-ring (bicyclic) bond motifs is 1. The molecule has 0 aliphatic carbocycles. The van der Waals surface area contributed by atoms with Gasteiger partial charge in [-0.25, -0.2) is 0 Å². The lowest BCUT2D eigenvalue weighted by atomic mass is 9.79. The van der Waals surface area contributed by atoms with E-state index in [2.05, 4.69) is 203 Å². The second-order valence-electron chi connectivity index (χ2n) is 10.4. The van der Waals surface area contributed by atoms with E-state index >= 15 is 0 Å². The first kappa shape index (κ1) is 33.3. The van der Waals surface area contributed by atoms with Crippen molar-refractivity contribution in [3.63, 3.8) is 0 Å². The lowest BCUT2D eigenvalue weighted by molar-refractivity contribution is 0.637. The van der Waals surface area contributed by atoms with Crippen molar-refractivity contribution >= 4 is 107 Å². The molecule has 0 unspecified atom stereocenters. The maximum Gasteiger partial charge on any atom is 0.0471 e. The Morgan fingerprint density at radius 3 is 2.15 bits per heavy atom. The van der Waals surface area contributed by atoms with Gasteiger partial charge >= 0.3 is 0 Å². The van der Waals surface area contributed by atoms with E-state index in [-0.39, 0.29) is 10.8 Å². The Hall–Kier alpha value is -0.250. The molecule has 0 amide bonds. The number of anilines is 1. The number of nitrogens with zero attached hydrogens (tertiary/aromatic N) is 2. The van der Waals surface area contributed by atoms with E-state index in [0.29, 0.717) is 0 Å². The molecule has 208 valence electrons. The Morgan fingerprint density at radius 2 is 1.49 bits per heavy atom. The highest BCUT2D eigenvalue weighted by molar-refractivity contribution is 9.15. The normalized spacial score (nSPS) is 17.0. The van der Waals surface area contributed by atoms with Crippen LogP contribution in [0, 0.1) is 0 Å². The van der Waals surface area contributed by atoms with Crippen LogP contribution in [-0.2, 0) is 10.8 Å². The Balaban J connectivity index is 1.80. The maximum absolute atomic E-state index is 4.94. The average molecular weight is 912 g/mol. The van der Waals surface area contributed by atoms with Gasteiger partial charge in [-0.2, -0.15) is 0 Å². The van der Waals surface area contributed by atoms with Crippen molar-refractivity contribution in [3.05, 3.63) is 104 Å². The fourth-order valence-electron chi connectivity index (χ4n) is 4.76. The Kier molecular flexibility index (Phi) is 11.8. The number of hydrogen-bond acceptors (Lipinski definition) is 2. The van der Waals surface area contributed by atoms with Crippen molar-refractivity contribution in [2.45, 2.75) is 51.9 Å². The molecule has 0 N–H and O–H groups in total. The highest BCUT2D eigenvalue weighted by atomic mass is 79.9. The van der Waals surface area contributed by atoms with Gasteiger partial charge in [0.1, 0.15) is 0 Å². The van der Waals surface area contributed by atoms with Crippen molar-refractivity contribution in [1.29, 1.82) is 0 Å². The molecule has 0 spiro atoms. The fraction of sp³-hybridized carbons (Fsp3) is 0.323. The highest BCUT2D eigenvalue weighted by Gasteiger charge is 2.41. The Labute approximate surface area is 284 Å². The standard InChI is InChI=1S/C31H32Br6N2/c1-7-17-38-23(30(2,3)19-15-16-20(32)27(35)26(19)34)13-11-9-8-10-12-14-24-31(4,5)25-22(39(24)6)18-21(33)28(36)29(25)37/h8-16,18H,7,17H2,1-6H3/b9-8+,12-10+,13-11+,24-14+,38-23?. The summed E-state index contributed by atoms with van der Waals surface area (Å²) < 4.78 is 6.24. The van der Waals surface area contributed by atoms with Gasteiger partial charge in [0.15, 0.2) is 0 Å². The van der Waals surface area contributed by atoms with E-state index in [9.17, 15) is 0 Å². The van der Waals surface area contributed by atoms with Gasteiger partial charge in [0.05, 0.1) is 0 Å². The minimum atomic E-state index is -0.270. The monoisotopic (exact) mass is 906 g/mol. The van der Waals surface area contributed by atoms with Crippen LogP contribution in [-0.4, -0.2) is 19.3 Å². The summed E-state index contributed by atoms with van der Waals surface area (Å²) in [6, 6.07) is 6.39. The summed E-state index contributed by atoms with van der Waals surface area (Å²) in [6.45, 7) is 11.9. The molecule has 0 fully saturated rings. The first-order valence-electron chi connectivity index (χ1n) is 12.6. The van der Waals surface area contributed by atoms with Crippen LogP contribution < -0.4 is 4.90 Å². The largest absolute Gasteiger partial charge is 0.347 e. The lowest BCUT2D eigenvalue weighted by Gasteiger charge is -2.28. The van der Waals surface area contributed by atoms with Crippen molar-refractivity contribution < 1.29 is 0 Å². The van der Waals surface area contributed by atoms with Gasteiger partial charge in [-0.1, -0.05) is 71.1 Å². The highest BCUT2D eigenvalue weighted by Crippen LogP contribution is 2.53. The van der Waals surface area contributed by atoms with E-state index in [1.165, 1.54) is 22.5 Å². The molecule has 0 bridgehead atoms. The van der Waals surface area contributed by atoms with Gasteiger partial charge in [-0.05, 0) is 132 Å². The van der Waals surface area contributed by atoms with Gasteiger partial charge in [0, 0.05) is 73.9 Å². The lowest BCUT2D eigenvalue weighted by Crippen LogP contribution is -2.28. The van der Waals surface area contributed by atoms with Crippen molar-refractivity contribution in [1.82, 2.24) is 0 Å². The summed E-state index contributed by atoms with van der Waals surface area (Å²) in [5.41, 5.74) is 5.55. The van der Waals surface area contributed by atoms with Crippen molar-refractivity contribution in [2.75, 3.05) is 18.5 Å². The molecule has 0 saturated heterocycles. The summed E-state index contributed by atoms with van der Waals surface area (Å²) in [5, 5.41) is 0. The van der Waals surface area contributed by atoms with Crippen LogP contribution in [0.1, 0.15) is 52.2 Å². The van der Waals surface area contributed by atoms with Crippen LogP contribution in [0.2, 0.25) is 0 Å². The van der Waals surface area contributed by atoms with Gasteiger partial charge < -0.3 is 4.90 Å². The van der Waals surface area contributed by atoms with Crippen LogP contribution >= 0.6 is 95.6 Å². The number of halogens is 6. The van der Waals surface area contributed by atoms with Crippen molar-refractivity contribution in [2.24, 2.45) is 4.99 Å². The number of allylic oxidation sites excluding steroid dienone is 8. The molecule has 1 heterocycles. The number of aliphatic imine (C=N–C) groups is 1. The summed E-state index contributed by atoms with van der Waals surface area (Å²) in [6.07, 6.45) is 15.7. The smallest absolute Gasteiger partial charge is 0.0471 e. The third kappa shape index (κ3) is 7.05. The number of hydrogen-bond donors (Lipinski definition) is 0. The van der Waals surface area contributed by atoms with Gasteiger partial charge in [-0.3, -0.25) is 4.99 Å². The van der Waals surface area contributed by atoms with Crippen LogP contribution in [0.5, 0.6) is 0 Å². The number of benzene rings is 2. The SMILES string of the molecule is CCCN=C(/C=C/C=C/C=C/C=C1/N(C)c2cc(Br)c(Br)c(Br)c2C1(C)C)C(C)(C)c1ccc(Br)c(Br)c1Br. The van der Waals surface area contributed by atoms with Crippen LogP contribution in [0.4, 0.5) is 5.69 Å². The fourth-order valence-corrected chi connectivity index (χ4v) is 8.45. The third-order valence-electron chi connectivity index (χ3n) is 6.94. The molecule has 3 rings (SSSR count). The molecule has 8 heteroatoms. The topological polar surface area (TPSA) is 15.6 Å². The van der Waals surface area contributed by atoms with Crippen LogP contribution in [0.15, 0.2) is 98.3 Å². The number of rotatable bonds is 8. The summed E-state index contributed by atoms with van der Waals surface area (Å²) >= 11 is 22.2. The second-order valence-corrected chi connectivity index (χ2v) is 15.2. The van der Waals surface area contributed by atoms with E-state index < -0.39 is 0 Å². The molecule has 0 aromatic heterocycles. The van der Waals surface area contributed by atoms with Gasteiger partial charge in [0.25, 0.3) is 0 Å². The van der Waals surface area contributed by atoms with Crippen molar-refractivity contribution in [3.8, 4) is 0 Å². The quantitative estimate of drug-likeness (QED) is 0.146. The minimum absolute atomic E-state index is 0.132. The molecule has 0 saturated carbocycles. The summed E-state index contributed by atoms with van der Waals surface area (Å²) in [4.78, 5) is 7.20. The molecule has 1 aliphatic heterocycles. The molecule has 39 heavy (non-hydrogen) atoms. The number of likely N-dealkylation sites (N-methyl/N-ethyl adjacent to an activating group) is 1. The molecular formula is C31H32Br6N2. The summed E-state index contributed by atoms with van der Waals surface area (Å²) in [7, 11) is 2.12. The third-order valence-corrected chi connectivity index (χ3v) is 13.6. The molecule has 0 atom stereocenters. The van der Waals surface area contributed by atoms with E-state index in [0.717, 1.165) is 45.5 Å². The maximum atomic E-state index is 4.94. The molecule has 1 aliphatic rings. The van der Waals surface area contributed by atoms with Crippen LogP contribution in [0.3, 0.4) is 0 Å². The van der Waals surface area contributed by atoms with Gasteiger partial charge in [-0.15, -0.1) is 0 Å². The first-order valence-corrected chi connectivity index (χ1v) is 17.3. The zero-order valence-electron chi connectivity index (χ0n) is 22.8. The zero-order chi connectivity index (χ0) is 29.1. The Morgan fingerprint density at radius 1 is 0.872 bits per heavy atom. The van der Waals surface area contributed by atoms with E-state index in [1.807, 2.05) is 0 Å². The van der Waals surface area contributed by atoms with E-state index in [4.69, 9.17) is 4.99 Å². The minimum Gasteiger partial charge on any atom is -0.347 e. The second kappa shape index (κ2) is 13.8. The zero-order valence-corrected chi connectivity index (χ0v) is 32.4. The summed E-state index contributed by atoms with van der Waals surface area (Å²) in [5.74, 6) is 0. The van der Waals surface area contributed by atoms with Gasteiger partial charge in [0.2, 0.25) is 0 Å². The predicted molar refractivity (Wildman–Crippen MR) is 192 cm³/mol. The molecular weight excluding hydrogens is 880 g/mol. The first-order chi connectivity index (χ1) is 18.3. The average Bonchev–Trinajstić information content (AvgIpc) is 3.06. The van der Waals surface area contributed by atoms with Crippen LogP contribution in [0.25, 0.3) is 0 Å². The molecule has 2 aromatic carbocycles. The van der Waals surface area contributed by atoms with E-state index in [1.54, 1.807) is 0 Å². The predicted octanol–water partition coefficient (Wildman–Crippen LogP) is 12.4. The Bertz CT molecular complexity index is 1400. The molecule has 2 aromatic rings. The molecule has 0 radical (unpaired) electrons.